The number of fused-ring (bicyclic) bond motifs is 3. The largest absolute Gasteiger partial charge is 0.355 e. The van der Waals surface area contributed by atoms with Crippen LogP contribution in [0, 0.1) is 20.8 Å². The quantitative estimate of drug-likeness (QED) is 0.544. The van der Waals surface area contributed by atoms with Crippen LogP contribution in [-0.4, -0.2) is 12.4 Å². The van der Waals surface area contributed by atoms with Crippen LogP contribution in [0.5, 0.6) is 0 Å². The van der Waals surface area contributed by atoms with E-state index in [4.69, 9.17) is 11.6 Å². The molecule has 0 saturated carbocycles. The third-order valence-electron chi connectivity index (χ3n) is 4.24. The van der Waals surface area contributed by atoms with Gasteiger partial charge in [-0.1, -0.05) is 12.1 Å². The zero-order valence-corrected chi connectivity index (χ0v) is 13.5. The van der Waals surface area contributed by atoms with E-state index in [2.05, 4.69) is 53.0 Å². The van der Waals surface area contributed by atoms with Crippen molar-refractivity contribution in [2.24, 2.45) is 0 Å². The molecular formula is C16H19ClNP. The first kappa shape index (κ1) is 13.2. The Morgan fingerprint density at radius 2 is 1.79 bits per heavy atom. The van der Waals surface area contributed by atoms with Gasteiger partial charge in [-0.25, -0.2) is 0 Å². The maximum Gasteiger partial charge on any atom is 0.0440 e. The summed E-state index contributed by atoms with van der Waals surface area (Å²) in [4.78, 5) is 0. The predicted octanol–water partition coefficient (Wildman–Crippen LogP) is 4.70. The van der Waals surface area contributed by atoms with Crippen LogP contribution < -0.4 is 4.67 Å². The van der Waals surface area contributed by atoms with Crippen molar-refractivity contribution in [3.05, 3.63) is 40.5 Å². The minimum atomic E-state index is 0.428. The number of nitrogens with zero attached hydrogens (tertiary/aromatic N) is 1. The molecule has 0 aromatic heterocycles. The molecule has 0 radical (unpaired) electrons. The zero-order valence-electron chi connectivity index (χ0n) is 11.6. The van der Waals surface area contributed by atoms with Crippen molar-refractivity contribution in [2.75, 3.05) is 17.1 Å². The topological polar surface area (TPSA) is 3.24 Å². The van der Waals surface area contributed by atoms with Crippen molar-refractivity contribution < 1.29 is 0 Å². The molecular weight excluding hydrogens is 273 g/mol. The molecule has 2 atom stereocenters. The van der Waals surface area contributed by atoms with Gasteiger partial charge in [0.1, 0.15) is 0 Å². The Labute approximate surface area is 122 Å². The van der Waals surface area contributed by atoms with Gasteiger partial charge in [0.25, 0.3) is 0 Å². The molecule has 2 aromatic carbocycles. The third kappa shape index (κ3) is 1.87. The highest BCUT2D eigenvalue weighted by Crippen LogP contribution is 2.45. The molecule has 0 spiro atoms. The van der Waals surface area contributed by atoms with Crippen LogP contribution in [0.25, 0.3) is 10.8 Å². The van der Waals surface area contributed by atoms with Crippen LogP contribution in [0.3, 0.4) is 0 Å². The Kier molecular flexibility index (Phi) is 3.23. The number of hydrogen-bond donors (Lipinski definition) is 0. The van der Waals surface area contributed by atoms with Gasteiger partial charge in [0.2, 0.25) is 0 Å². The molecule has 0 saturated heterocycles. The van der Waals surface area contributed by atoms with Gasteiger partial charge < -0.3 is 4.67 Å². The average molecular weight is 292 g/mol. The summed E-state index contributed by atoms with van der Waals surface area (Å²) in [5.74, 6) is 1.11. The van der Waals surface area contributed by atoms with Crippen LogP contribution in [0.15, 0.2) is 18.2 Å². The van der Waals surface area contributed by atoms with Crippen LogP contribution >= 0.6 is 21.0 Å². The highest BCUT2D eigenvalue weighted by Gasteiger charge is 2.29. The number of alkyl halides is 1. The van der Waals surface area contributed by atoms with Crippen molar-refractivity contribution in [3.63, 3.8) is 0 Å². The summed E-state index contributed by atoms with van der Waals surface area (Å²) < 4.78 is 2.26. The molecule has 2 aromatic rings. The van der Waals surface area contributed by atoms with Crippen LogP contribution in [-0.2, 0) is 0 Å². The van der Waals surface area contributed by atoms with E-state index in [0.29, 0.717) is 11.8 Å². The Morgan fingerprint density at radius 3 is 2.42 bits per heavy atom. The maximum absolute atomic E-state index is 6.20. The van der Waals surface area contributed by atoms with E-state index in [1.54, 1.807) is 0 Å². The smallest absolute Gasteiger partial charge is 0.0440 e. The van der Waals surface area contributed by atoms with E-state index in [1.165, 1.54) is 38.7 Å². The first-order chi connectivity index (χ1) is 9.04. The minimum absolute atomic E-state index is 0.428. The molecule has 3 heteroatoms. The number of halogens is 1. The number of aryl methyl sites for hydroxylation is 3. The van der Waals surface area contributed by atoms with Crippen LogP contribution in [0.2, 0.25) is 0 Å². The zero-order chi connectivity index (χ0) is 13.7. The van der Waals surface area contributed by atoms with Gasteiger partial charge in [0, 0.05) is 24.0 Å². The number of rotatable bonds is 1. The average Bonchev–Trinajstić information content (AvgIpc) is 2.70. The van der Waals surface area contributed by atoms with Gasteiger partial charge in [-0.3, -0.25) is 0 Å². The highest BCUT2D eigenvalue weighted by atomic mass is 35.5. The van der Waals surface area contributed by atoms with E-state index >= 15 is 0 Å². The lowest BCUT2D eigenvalue weighted by molar-refractivity contribution is 0.846. The second-order valence-electron chi connectivity index (χ2n) is 5.58. The third-order valence-corrected chi connectivity index (χ3v) is 5.10. The monoisotopic (exact) mass is 291 g/mol. The van der Waals surface area contributed by atoms with Crippen molar-refractivity contribution in [2.45, 2.75) is 26.7 Å². The molecule has 19 heavy (non-hydrogen) atoms. The fraction of sp³-hybridized carbons (Fsp3) is 0.375. The normalized spacial score (nSPS) is 18.2. The summed E-state index contributed by atoms with van der Waals surface area (Å²) in [6.07, 6.45) is 0. The molecule has 1 nitrogen and oxygen atoms in total. The molecule has 1 aliphatic heterocycles. The van der Waals surface area contributed by atoms with Crippen molar-refractivity contribution in [1.82, 2.24) is 0 Å². The van der Waals surface area contributed by atoms with Crippen LogP contribution in [0.4, 0.5) is 5.69 Å². The number of hydrogen-bond acceptors (Lipinski definition) is 1. The molecule has 0 amide bonds. The van der Waals surface area contributed by atoms with Crippen LogP contribution in [0.1, 0.15) is 28.2 Å². The molecule has 3 rings (SSSR count). The van der Waals surface area contributed by atoms with Gasteiger partial charge >= 0.3 is 0 Å². The Hall–Kier alpha value is -0.780. The van der Waals surface area contributed by atoms with Crippen molar-refractivity contribution in [1.29, 1.82) is 0 Å². The summed E-state index contributed by atoms with van der Waals surface area (Å²) in [7, 11) is 2.83. The van der Waals surface area contributed by atoms with E-state index in [-0.39, 0.29) is 0 Å². The minimum Gasteiger partial charge on any atom is -0.355 e. The lowest BCUT2D eigenvalue weighted by Gasteiger charge is -2.17. The molecule has 1 heterocycles. The van der Waals surface area contributed by atoms with Gasteiger partial charge in [0.15, 0.2) is 0 Å². The highest BCUT2D eigenvalue weighted by molar-refractivity contribution is 7.19. The Morgan fingerprint density at radius 1 is 1.16 bits per heavy atom. The number of anilines is 1. The standard InChI is InChI=1S/C16H19ClNP/c1-9-4-5-10(2)15-14(9)11(3)6-13-16(15)12(7-17)8-18(13)19/h4-6,12H,7-8,19H2,1-3H3/t12-/m1/s1. The van der Waals surface area contributed by atoms with Gasteiger partial charge in [-0.15, -0.1) is 11.6 Å². The molecule has 0 fully saturated rings. The second kappa shape index (κ2) is 4.65. The van der Waals surface area contributed by atoms with Gasteiger partial charge in [-0.05, 0) is 69.3 Å². The summed E-state index contributed by atoms with van der Waals surface area (Å²) in [6.45, 7) is 7.61. The molecule has 1 unspecified atom stereocenters. The Balaban J connectivity index is 2.48. The summed E-state index contributed by atoms with van der Waals surface area (Å²) in [5.41, 5.74) is 6.84. The van der Waals surface area contributed by atoms with E-state index in [9.17, 15) is 0 Å². The maximum atomic E-state index is 6.20. The van der Waals surface area contributed by atoms with E-state index in [0.717, 1.165) is 6.54 Å². The van der Waals surface area contributed by atoms with Gasteiger partial charge in [-0.2, -0.15) is 0 Å². The molecule has 0 N–H and O–H groups in total. The first-order valence-electron chi connectivity index (χ1n) is 6.66. The van der Waals surface area contributed by atoms with E-state index < -0.39 is 0 Å². The van der Waals surface area contributed by atoms with Crippen molar-refractivity contribution in [3.8, 4) is 0 Å². The van der Waals surface area contributed by atoms with E-state index in [1.807, 2.05) is 0 Å². The Bertz CT molecular complexity index is 666. The molecule has 100 valence electrons. The summed E-state index contributed by atoms with van der Waals surface area (Å²) in [6, 6.07) is 6.76. The summed E-state index contributed by atoms with van der Waals surface area (Å²) in [5, 5.41) is 2.83. The fourth-order valence-electron chi connectivity index (χ4n) is 3.35. The second-order valence-corrected chi connectivity index (χ2v) is 6.51. The van der Waals surface area contributed by atoms with Gasteiger partial charge in [0.05, 0.1) is 0 Å². The molecule has 1 aliphatic rings. The SMILES string of the molecule is Cc1ccc(C)c2c3c(cc(C)c12)N(P)C[C@H]3CCl. The molecule has 0 bridgehead atoms. The molecule has 0 aliphatic carbocycles. The number of benzene rings is 2. The fourth-order valence-corrected chi connectivity index (χ4v) is 4.07. The lowest BCUT2D eigenvalue weighted by atomic mass is 9.89. The summed E-state index contributed by atoms with van der Waals surface area (Å²) >= 11 is 6.20. The predicted molar refractivity (Wildman–Crippen MR) is 88.7 cm³/mol. The van der Waals surface area contributed by atoms with Crippen molar-refractivity contribution >= 4 is 37.5 Å². The lowest BCUT2D eigenvalue weighted by Crippen LogP contribution is -2.09. The first-order valence-corrected chi connectivity index (χ1v) is 7.71.